The summed E-state index contributed by atoms with van der Waals surface area (Å²) in [6.07, 6.45) is 0.377. The molecule has 0 spiro atoms. The van der Waals surface area contributed by atoms with Crippen molar-refractivity contribution in [3.8, 4) is 5.75 Å². The fraction of sp³-hybridized carbons (Fsp3) is 0.500. The molecule has 0 heterocycles. The Labute approximate surface area is 163 Å². The average Bonchev–Trinajstić information content (AvgIpc) is 2.60. The summed E-state index contributed by atoms with van der Waals surface area (Å²) in [6.45, 7) is 3.70. The first-order valence-electron chi connectivity index (χ1n) is 8.62. The maximum atomic E-state index is 12.7. The van der Waals surface area contributed by atoms with Gasteiger partial charge in [0, 0.05) is 12.2 Å². The van der Waals surface area contributed by atoms with Crippen LogP contribution in [-0.2, 0) is 20.8 Å². The number of aromatic hydroxyl groups is 1. The summed E-state index contributed by atoms with van der Waals surface area (Å²) in [7, 11) is 0. The first-order valence-corrected chi connectivity index (χ1v) is 9.25. The van der Waals surface area contributed by atoms with E-state index in [2.05, 4.69) is 23.3 Å². The molecule has 0 aliphatic heterocycles. The van der Waals surface area contributed by atoms with Crippen LogP contribution in [-0.4, -0.2) is 51.9 Å². The normalized spacial score (nSPS) is 14.3. The molecule has 0 aromatic heterocycles. The lowest BCUT2D eigenvalue weighted by molar-refractivity contribution is -0.142. The third-order valence-electron chi connectivity index (χ3n) is 3.86. The molecule has 2 amide bonds. The number of rotatable bonds is 10. The van der Waals surface area contributed by atoms with Crippen molar-refractivity contribution in [1.82, 2.24) is 10.6 Å². The molecule has 1 rings (SSSR count). The molecule has 1 aromatic carbocycles. The number of carboxylic acids is 1. The number of benzene rings is 1. The minimum atomic E-state index is -1.14. The van der Waals surface area contributed by atoms with Crippen molar-refractivity contribution in [2.24, 2.45) is 11.7 Å². The molecule has 1 aromatic rings. The minimum Gasteiger partial charge on any atom is -0.508 e. The highest BCUT2D eigenvalue weighted by Crippen LogP contribution is 2.12. The molecule has 3 atom stereocenters. The zero-order valence-corrected chi connectivity index (χ0v) is 16.3. The number of carboxylic acid groups (broad SMARTS) is 1. The number of nitrogens with two attached hydrogens (primary N) is 1. The summed E-state index contributed by atoms with van der Waals surface area (Å²) in [6, 6.07) is 3.19. The molecular formula is C18H27N3O5S. The van der Waals surface area contributed by atoms with Crippen molar-refractivity contribution in [1.29, 1.82) is 0 Å². The molecule has 9 heteroatoms. The lowest BCUT2D eigenvalue weighted by atomic mass is 10.0. The predicted octanol–water partition coefficient (Wildman–Crippen LogP) is 0.292. The Morgan fingerprint density at radius 2 is 1.63 bits per heavy atom. The van der Waals surface area contributed by atoms with E-state index in [-0.39, 0.29) is 30.3 Å². The third-order valence-corrected chi connectivity index (χ3v) is 4.26. The quantitative estimate of drug-likeness (QED) is 0.314. The van der Waals surface area contributed by atoms with Gasteiger partial charge in [-0.05, 0) is 30.0 Å². The zero-order valence-electron chi connectivity index (χ0n) is 15.4. The van der Waals surface area contributed by atoms with E-state index in [9.17, 15) is 24.6 Å². The van der Waals surface area contributed by atoms with E-state index in [1.54, 1.807) is 12.1 Å². The van der Waals surface area contributed by atoms with Crippen LogP contribution >= 0.6 is 12.6 Å². The van der Waals surface area contributed by atoms with Crippen molar-refractivity contribution < 1.29 is 24.6 Å². The molecule has 8 nitrogen and oxygen atoms in total. The Balaban J connectivity index is 2.96. The van der Waals surface area contributed by atoms with Crippen LogP contribution in [0.15, 0.2) is 24.3 Å². The van der Waals surface area contributed by atoms with Gasteiger partial charge in [-0.15, -0.1) is 0 Å². The molecule has 0 saturated carbocycles. The molecule has 27 heavy (non-hydrogen) atoms. The maximum absolute atomic E-state index is 12.7. The second kappa shape index (κ2) is 10.8. The number of thiol groups is 1. The van der Waals surface area contributed by atoms with Gasteiger partial charge >= 0.3 is 5.97 Å². The van der Waals surface area contributed by atoms with Crippen LogP contribution in [0, 0.1) is 5.92 Å². The number of amides is 2. The van der Waals surface area contributed by atoms with Crippen LogP contribution in [0.4, 0.5) is 0 Å². The molecular weight excluding hydrogens is 370 g/mol. The highest BCUT2D eigenvalue weighted by molar-refractivity contribution is 7.80. The molecule has 3 unspecified atom stereocenters. The first-order chi connectivity index (χ1) is 12.6. The average molecular weight is 397 g/mol. The number of phenols is 1. The van der Waals surface area contributed by atoms with E-state index in [1.807, 2.05) is 13.8 Å². The molecule has 6 N–H and O–H groups in total. The lowest BCUT2D eigenvalue weighted by Gasteiger charge is -2.23. The van der Waals surface area contributed by atoms with E-state index < -0.39 is 35.9 Å². The molecule has 0 fully saturated rings. The highest BCUT2D eigenvalue weighted by atomic mass is 32.1. The second-order valence-corrected chi connectivity index (χ2v) is 7.11. The van der Waals surface area contributed by atoms with Crippen LogP contribution in [0.1, 0.15) is 25.8 Å². The largest absolute Gasteiger partial charge is 0.508 e. The Morgan fingerprint density at radius 1 is 1.07 bits per heavy atom. The zero-order chi connectivity index (χ0) is 20.6. The topological polar surface area (TPSA) is 142 Å². The SMILES string of the molecule is CC(C)CC(NC(=O)C(Cc1ccc(O)cc1)NC(=O)C(N)CS)C(=O)O. The molecule has 150 valence electrons. The van der Waals surface area contributed by atoms with E-state index in [0.29, 0.717) is 5.56 Å². The Kier molecular flexibility index (Phi) is 9.10. The van der Waals surface area contributed by atoms with Crippen molar-refractivity contribution in [3.05, 3.63) is 29.8 Å². The van der Waals surface area contributed by atoms with Crippen molar-refractivity contribution in [2.75, 3.05) is 5.75 Å². The minimum absolute atomic E-state index is 0.0640. The molecule has 0 bridgehead atoms. The van der Waals surface area contributed by atoms with Gasteiger partial charge < -0.3 is 26.6 Å². The molecule has 0 aliphatic rings. The van der Waals surface area contributed by atoms with Gasteiger partial charge in [-0.25, -0.2) is 4.79 Å². The van der Waals surface area contributed by atoms with E-state index >= 15 is 0 Å². The molecule has 0 aliphatic carbocycles. The number of carbonyl (C=O) groups excluding carboxylic acids is 2. The second-order valence-electron chi connectivity index (χ2n) is 6.75. The van der Waals surface area contributed by atoms with Crippen LogP contribution in [0.25, 0.3) is 0 Å². The van der Waals surface area contributed by atoms with E-state index in [4.69, 9.17) is 5.73 Å². The number of carbonyl (C=O) groups is 3. The highest BCUT2D eigenvalue weighted by Gasteiger charge is 2.28. The Bertz CT molecular complexity index is 651. The van der Waals surface area contributed by atoms with Crippen LogP contribution < -0.4 is 16.4 Å². The number of hydrogen-bond donors (Lipinski definition) is 6. The van der Waals surface area contributed by atoms with Gasteiger partial charge in [0.2, 0.25) is 11.8 Å². The van der Waals surface area contributed by atoms with Gasteiger partial charge in [0.1, 0.15) is 17.8 Å². The van der Waals surface area contributed by atoms with Crippen molar-refractivity contribution in [3.63, 3.8) is 0 Å². The number of nitrogens with one attached hydrogen (secondary N) is 2. The summed E-state index contributed by atoms with van der Waals surface area (Å²) in [5.74, 6) is -2.07. The van der Waals surface area contributed by atoms with Crippen LogP contribution in [0.2, 0.25) is 0 Å². The van der Waals surface area contributed by atoms with Gasteiger partial charge in [0.25, 0.3) is 0 Å². The Hall–Kier alpha value is -2.26. The van der Waals surface area contributed by atoms with Gasteiger partial charge in [0.05, 0.1) is 6.04 Å². The number of phenolic OH excluding ortho intramolecular Hbond substituents is 1. The third kappa shape index (κ3) is 7.88. The monoisotopic (exact) mass is 397 g/mol. The van der Waals surface area contributed by atoms with Gasteiger partial charge in [-0.2, -0.15) is 12.6 Å². The first kappa shape index (κ1) is 22.8. The van der Waals surface area contributed by atoms with Crippen LogP contribution in [0.3, 0.4) is 0 Å². The predicted molar refractivity (Wildman–Crippen MR) is 105 cm³/mol. The molecule has 0 radical (unpaired) electrons. The number of aliphatic carboxylic acids is 1. The van der Waals surface area contributed by atoms with E-state index in [0.717, 1.165) is 0 Å². The molecule has 0 saturated heterocycles. The standard InChI is InChI=1S/C18H27N3O5S/c1-10(2)7-15(18(25)26)21-17(24)14(20-16(23)13(19)9-27)8-11-3-5-12(22)6-4-11/h3-6,10,13-15,22,27H,7-9,19H2,1-2H3,(H,20,23)(H,21,24)(H,25,26). The summed E-state index contributed by atoms with van der Waals surface area (Å²) >= 11 is 3.97. The summed E-state index contributed by atoms with van der Waals surface area (Å²) in [5.41, 5.74) is 6.33. The van der Waals surface area contributed by atoms with E-state index in [1.165, 1.54) is 12.1 Å². The van der Waals surface area contributed by atoms with Crippen LogP contribution in [0.5, 0.6) is 5.75 Å². The summed E-state index contributed by atoms with van der Waals surface area (Å²) < 4.78 is 0. The van der Waals surface area contributed by atoms with Gasteiger partial charge in [-0.3, -0.25) is 9.59 Å². The maximum Gasteiger partial charge on any atom is 0.326 e. The van der Waals surface area contributed by atoms with Gasteiger partial charge in [-0.1, -0.05) is 26.0 Å². The fourth-order valence-electron chi connectivity index (χ4n) is 2.40. The summed E-state index contributed by atoms with van der Waals surface area (Å²) in [4.78, 5) is 36.2. The van der Waals surface area contributed by atoms with Gasteiger partial charge in [0.15, 0.2) is 0 Å². The summed E-state index contributed by atoms with van der Waals surface area (Å²) in [5, 5.41) is 23.7. The smallest absolute Gasteiger partial charge is 0.326 e. The van der Waals surface area contributed by atoms with Crippen molar-refractivity contribution >= 4 is 30.4 Å². The van der Waals surface area contributed by atoms with Crippen molar-refractivity contribution in [2.45, 2.75) is 44.8 Å². The Morgan fingerprint density at radius 3 is 2.11 bits per heavy atom. The fourth-order valence-corrected chi connectivity index (χ4v) is 2.57. The lowest BCUT2D eigenvalue weighted by Crippen LogP contribution is -2.55. The number of hydrogen-bond acceptors (Lipinski definition) is 6.